The normalized spacial score (nSPS) is 13.8. The molecule has 1 atom stereocenters. The number of ether oxygens (including phenoxy) is 2. The van der Waals surface area contributed by atoms with Crippen molar-refractivity contribution in [2.24, 2.45) is 5.73 Å². The summed E-state index contributed by atoms with van der Waals surface area (Å²) < 4.78 is 16.1. The lowest BCUT2D eigenvalue weighted by Gasteiger charge is -2.28. The van der Waals surface area contributed by atoms with Crippen molar-refractivity contribution in [1.29, 1.82) is 0 Å². The number of hydrogen-bond acceptors (Lipinski definition) is 4. The van der Waals surface area contributed by atoms with Crippen LogP contribution in [0.3, 0.4) is 0 Å². The van der Waals surface area contributed by atoms with Gasteiger partial charge in [-0.25, -0.2) is 0 Å². The third-order valence-corrected chi connectivity index (χ3v) is 3.68. The SMILES string of the molecule is COc1ccc(C(C)(CN)Cc2ccco2)cc1OC. The summed E-state index contributed by atoms with van der Waals surface area (Å²) >= 11 is 0. The van der Waals surface area contributed by atoms with Crippen molar-refractivity contribution in [1.82, 2.24) is 0 Å². The maximum absolute atomic E-state index is 6.00. The fourth-order valence-electron chi connectivity index (χ4n) is 2.30. The highest BCUT2D eigenvalue weighted by molar-refractivity contribution is 5.45. The maximum atomic E-state index is 6.00. The standard InChI is InChI=1S/C16H21NO3/c1-16(11-17,10-13-5-4-8-20-13)12-6-7-14(18-2)15(9-12)19-3/h4-9H,10-11,17H2,1-3H3. The van der Waals surface area contributed by atoms with Crippen LogP contribution in [0.1, 0.15) is 18.2 Å². The van der Waals surface area contributed by atoms with Crippen molar-refractivity contribution < 1.29 is 13.9 Å². The quantitative estimate of drug-likeness (QED) is 0.880. The second-order valence-electron chi connectivity index (χ2n) is 5.09. The van der Waals surface area contributed by atoms with Gasteiger partial charge in [-0.1, -0.05) is 13.0 Å². The van der Waals surface area contributed by atoms with Crippen LogP contribution < -0.4 is 15.2 Å². The minimum Gasteiger partial charge on any atom is -0.493 e. The van der Waals surface area contributed by atoms with Crippen LogP contribution in [-0.2, 0) is 11.8 Å². The summed E-state index contributed by atoms with van der Waals surface area (Å²) in [5, 5.41) is 0. The topological polar surface area (TPSA) is 57.6 Å². The Kier molecular flexibility index (Phi) is 4.35. The summed E-state index contributed by atoms with van der Waals surface area (Å²) in [5.41, 5.74) is 6.90. The van der Waals surface area contributed by atoms with Crippen molar-refractivity contribution in [3.63, 3.8) is 0 Å². The molecule has 4 nitrogen and oxygen atoms in total. The lowest BCUT2D eigenvalue weighted by molar-refractivity contribution is 0.351. The largest absolute Gasteiger partial charge is 0.493 e. The first kappa shape index (κ1) is 14.5. The van der Waals surface area contributed by atoms with Crippen molar-refractivity contribution in [2.75, 3.05) is 20.8 Å². The highest BCUT2D eigenvalue weighted by Gasteiger charge is 2.27. The Morgan fingerprint density at radius 2 is 1.90 bits per heavy atom. The molecule has 1 aromatic carbocycles. The Hall–Kier alpha value is -1.94. The van der Waals surface area contributed by atoms with E-state index in [9.17, 15) is 0 Å². The maximum Gasteiger partial charge on any atom is 0.161 e. The summed E-state index contributed by atoms with van der Waals surface area (Å²) in [6.07, 6.45) is 2.42. The second-order valence-corrected chi connectivity index (χ2v) is 5.09. The Bertz CT molecular complexity index is 551. The molecule has 1 unspecified atom stereocenters. The molecule has 0 bridgehead atoms. The smallest absolute Gasteiger partial charge is 0.161 e. The molecule has 0 spiro atoms. The van der Waals surface area contributed by atoms with Gasteiger partial charge in [-0.3, -0.25) is 0 Å². The number of nitrogens with two attached hydrogens (primary N) is 1. The average Bonchev–Trinajstić information content (AvgIpc) is 2.99. The predicted molar refractivity (Wildman–Crippen MR) is 78.4 cm³/mol. The van der Waals surface area contributed by atoms with Gasteiger partial charge in [0.15, 0.2) is 11.5 Å². The third kappa shape index (κ3) is 2.80. The third-order valence-electron chi connectivity index (χ3n) is 3.68. The molecule has 108 valence electrons. The average molecular weight is 275 g/mol. The highest BCUT2D eigenvalue weighted by atomic mass is 16.5. The van der Waals surface area contributed by atoms with Crippen molar-refractivity contribution in [3.05, 3.63) is 47.9 Å². The van der Waals surface area contributed by atoms with E-state index in [1.807, 2.05) is 30.3 Å². The van der Waals surface area contributed by atoms with Crippen molar-refractivity contribution in [3.8, 4) is 11.5 Å². The van der Waals surface area contributed by atoms with Gasteiger partial charge in [0.25, 0.3) is 0 Å². The molecule has 2 rings (SSSR count). The van der Waals surface area contributed by atoms with Crippen LogP contribution in [0.4, 0.5) is 0 Å². The van der Waals surface area contributed by atoms with Gasteiger partial charge in [0, 0.05) is 18.4 Å². The molecule has 1 aromatic heterocycles. The first-order valence-electron chi connectivity index (χ1n) is 6.58. The van der Waals surface area contributed by atoms with Gasteiger partial charge in [0.1, 0.15) is 5.76 Å². The molecule has 0 aliphatic rings. The number of rotatable bonds is 6. The minimum absolute atomic E-state index is 0.211. The Morgan fingerprint density at radius 3 is 2.45 bits per heavy atom. The Morgan fingerprint density at radius 1 is 1.15 bits per heavy atom. The van der Waals surface area contributed by atoms with Gasteiger partial charge in [0.05, 0.1) is 20.5 Å². The van der Waals surface area contributed by atoms with Gasteiger partial charge >= 0.3 is 0 Å². The lowest BCUT2D eigenvalue weighted by Crippen LogP contribution is -2.34. The van der Waals surface area contributed by atoms with E-state index in [1.54, 1.807) is 20.5 Å². The number of methoxy groups -OCH3 is 2. The van der Waals surface area contributed by atoms with E-state index in [0.29, 0.717) is 18.0 Å². The summed E-state index contributed by atoms with van der Waals surface area (Å²) in [4.78, 5) is 0. The van der Waals surface area contributed by atoms with Crippen LogP contribution in [0.5, 0.6) is 11.5 Å². The van der Waals surface area contributed by atoms with Gasteiger partial charge in [0.2, 0.25) is 0 Å². The minimum atomic E-state index is -0.211. The summed E-state index contributed by atoms with van der Waals surface area (Å²) in [6.45, 7) is 2.64. The molecule has 2 N–H and O–H groups in total. The monoisotopic (exact) mass is 275 g/mol. The van der Waals surface area contributed by atoms with Crippen LogP contribution >= 0.6 is 0 Å². The Labute approximate surface area is 119 Å². The summed E-state index contributed by atoms with van der Waals surface area (Å²) in [5.74, 6) is 2.35. The van der Waals surface area contributed by atoms with Crippen molar-refractivity contribution in [2.45, 2.75) is 18.8 Å². The van der Waals surface area contributed by atoms with Gasteiger partial charge < -0.3 is 19.6 Å². The summed E-state index contributed by atoms with van der Waals surface area (Å²) in [6, 6.07) is 9.77. The molecular formula is C16H21NO3. The molecular weight excluding hydrogens is 254 g/mol. The van der Waals surface area contributed by atoms with Crippen LogP contribution in [0.25, 0.3) is 0 Å². The van der Waals surface area contributed by atoms with E-state index in [1.165, 1.54) is 0 Å². The van der Waals surface area contributed by atoms with Crippen LogP contribution in [0.15, 0.2) is 41.0 Å². The molecule has 1 heterocycles. The number of benzene rings is 1. The molecule has 4 heteroatoms. The molecule has 0 aliphatic heterocycles. The van der Waals surface area contributed by atoms with Crippen LogP contribution in [0, 0.1) is 0 Å². The van der Waals surface area contributed by atoms with Gasteiger partial charge in [-0.2, -0.15) is 0 Å². The van der Waals surface area contributed by atoms with Crippen molar-refractivity contribution >= 4 is 0 Å². The molecule has 0 radical (unpaired) electrons. The summed E-state index contributed by atoms with van der Waals surface area (Å²) in [7, 11) is 3.26. The van der Waals surface area contributed by atoms with E-state index in [0.717, 1.165) is 17.7 Å². The van der Waals surface area contributed by atoms with Gasteiger partial charge in [-0.15, -0.1) is 0 Å². The zero-order valence-electron chi connectivity index (χ0n) is 12.2. The Balaban J connectivity index is 2.35. The zero-order chi connectivity index (χ0) is 14.6. The predicted octanol–water partition coefficient (Wildman–Crippen LogP) is 2.76. The van der Waals surface area contributed by atoms with E-state index in [-0.39, 0.29) is 5.41 Å². The van der Waals surface area contributed by atoms with E-state index in [2.05, 4.69) is 6.92 Å². The molecule has 20 heavy (non-hydrogen) atoms. The fourth-order valence-corrected chi connectivity index (χ4v) is 2.30. The van der Waals surface area contributed by atoms with E-state index < -0.39 is 0 Å². The zero-order valence-corrected chi connectivity index (χ0v) is 12.2. The lowest BCUT2D eigenvalue weighted by atomic mass is 9.78. The second kappa shape index (κ2) is 6.01. The van der Waals surface area contributed by atoms with Crippen LogP contribution in [-0.4, -0.2) is 20.8 Å². The molecule has 0 amide bonds. The molecule has 2 aromatic rings. The van der Waals surface area contributed by atoms with E-state index >= 15 is 0 Å². The van der Waals surface area contributed by atoms with Gasteiger partial charge in [-0.05, 0) is 29.8 Å². The first-order chi connectivity index (χ1) is 9.62. The number of hydrogen-bond donors (Lipinski definition) is 1. The molecule has 0 fully saturated rings. The fraction of sp³-hybridized carbons (Fsp3) is 0.375. The molecule has 0 saturated carbocycles. The molecule has 0 aliphatic carbocycles. The highest BCUT2D eigenvalue weighted by Crippen LogP contribution is 2.34. The molecule has 0 saturated heterocycles. The van der Waals surface area contributed by atoms with E-state index in [4.69, 9.17) is 19.6 Å². The van der Waals surface area contributed by atoms with Crippen LogP contribution in [0.2, 0.25) is 0 Å². The number of furan rings is 1. The first-order valence-corrected chi connectivity index (χ1v) is 6.58.